The first-order valence-electron chi connectivity index (χ1n) is 5.63. The van der Waals surface area contributed by atoms with E-state index in [0.29, 0.717) is 13.0 Å². The fraction of sp³-hybridized carbons (Fsp3) is 0.167. The van der Waals surface area contributed by atoms with E-state index in [1.807, 2.05) is 0 Å². The van der Waals surface area contributed by atoms with E-state index < -0.39 is 5.97 Å². The Morgan fingerprint density at radius 1 is 1.26 bits per heavy atom. The Hall–Kier alpha value is -2.70. The number of carbonyl (C=O) groups excluding carboxylic acids is 1. The average molecular weight is 260 g/mol. The molecular weight excluding hydrogens is 248 g/mol. The van der Waals surface area contributed by atoms with Crippen LogP contribution in [-0.2, 0) is 6.42 Å². The Kier molecular flexibility index (Phi) is 3.87. The van der Waals surface area contributed by atoms with Gasteiger partial charge in [0.15, 0.2) is 5.69 Å². The van der Waals surface area contributed by atoms with Crippen LogP contribution >= 0.6 is 0 Å². The first-order chi connectivity index (χ1) is 9.16. The molecule has 0 bridgehead atoms. The van der Waals surface area contributed by atoms with Crippen LogP contribution in [0.5, 0.6) is 0 Å². The molecule has 0 saturated carbocycles. The minimum atomic E-state index is -0.953. The average Bonchev–Trinajstić information content (AvgIpc) is 2.93. The van der Waals surface area contributed by atoms with Gasteiger partial charge in [0, 0.05) is 6.54 Å². The number of H-pyrrole nitrogens is 1. The maximum atomic E-state index is 11.5. The minimum absolute atomic E-state index is 0.237. The number of carbonyl (C=O) groups is 2. The molecule has 0 radical (unpaired) electrons. The van der Waals surface area contributed by atoms with Gasteiger partial charge in [-0.05, 0) is 24.1 Å². The molecule has 7 nitrogen and oxygen atoms in total. The standard InChI is InChI=1S/C12H12N4O3/c17-11(10-7-14-16-15-10)13-6-5-8-1-3-9(4-2-8)12(18)19/h1-4,7H,5-6H2,(H,13,17)(H,18,19)(H,14,15,16). The molecule has 98 valence electrons. The predicted octanol–water partition coefficient (Wildman–Crippen LogP) is 0.475. The van der Waals surface area contributed by atoms with Crippen LogP contribution in [-0.4, -0.2) is 38.9 Å². The van der Waals surface area contributed by atoms with Crippen molar-refractivity contribution in [3.8, 4) is 0 Å². The summed E-state index contributed by atoms with van der Waals surface area (Å²) in [5.41, 5.74) is 1.43. The first kappa shape index (κ1) is 12.7. The van der Waals surface area contributed by atoms with Gasteiger partial charge in [0.2, 0.25) is 0 Å². The molecule has 0 unspecified atom stereocenters. The van der Waals surface area contributed by atoms with Crippen molar-refractivity contribution in [1.29, 1.82) is 0 Å². The van der Waals surface area contributed by atoms with Gasteiger partial charge < -0.3 is 10.4 Å². The van der Waals surface area contributed by atoms with Gasteiger partial charge in [0.1, 0.15) is 0 Å². The number of nitrogens with zero attached hydrogens (tertiary/aromatic N) is 2. The van der Waals surface area contributed by atoms with Crippen molar-refractivity contribution in [3.05, 3.63) is 47.3 Å². The summed E-state index contributed by atoms with van der Waals surface area (Å²) in [7, 11) is 0. The van der Waals surface area contributed by atoms with E-state index in [-0.39, 0.29) is 17.2 Å². The number of aromatic carboxylic acids is 1. The highest BCUT2D eigenvalue weighted by Crippen LogP contribution is 2.04. The molecule has 0 aliphatic carbocycles. The summed E-state index contributed by atoms with van der Waals surface area (Å²) in [6, 6.07) is 6.53. The highest BCUT2D eigenvalue weighted by atomic mass is 16.4. The monoisotopic (exact) mass is 260 g/mol. The largest absolute Gasteiger partial charge is 0.478 e. The van der Waals surface area contributed by atoms with Gasteiger partial charge in [0.25, 0.3) is 5.91 Å². The number of rotatable bonds is 5. The van der Waals surface area contributed by atoms with Crippen LogP contribution in [0.15, 0.2) is 30.5 Å². The van der Waals surface area contributed by atoms with Crippen molar-refractivity contribution < 1.29 is 14.7 Å². The van der Waals surface area contributed by atoms with Crippen molar-refractivity contribution in [2.45, 2.75) is 6.42 Å². The van der Waals surface area contributed by atoms with Crippen LogP contribution < -0.4 is 5.32 Å². The highest BCUT2D eigenvalue weighted by molar-refractivity contribution is 5.91. The van der Waals surface area contributed by atoms with Gasteiger partial charge in [0.05, 0.1) is 11.8 Å². The fourth-order valence-electron chi connectivity index (χ4n) is 1.54. The Bertz CT molecular complexity index is 563. The van der Waals surface area contributed by atoms with Crippen LogP contribution in [0.2, 0.25) is 0 Å². The van der Waals surface area contributed by atoms with Crippen LogP contribution in [0.25, 0.3) is 0 Å². The third-order valence-corrected chi connectivity index (χ3v) is 2.55. The summed E-state index contributed by atoms with van der Waals surface area (Å²) in [6.45, 7) is 0.443. The molecule has 3 N–H and O–H groups in total. The van der Waals surface area contributed by atoms with Crippen molar-refractivity contribution in [2.75, 3.05) is 6.54 Å². The van der Waals surface area contributed by atoms with Crippen LogP contribution in [0.1, 0.15) is 26.4 Å². The summed E-state index contributed by atoms with van der Waals surface area (Å²) in [5.74, 6) is -1.25. The van der Waals surface area contributed by atoms with Crippen LogP contribution in [0.4, 0.5) is 0 Å². The zero-order valence-corrected chi connectivity index (χ0v) is 9.96. The van der Waals surface area contributed by atoms with Gasteiger partial charge in [-0.1, -0.05) is 12.1 Å². The molecule has 1 aromatic carbocycles. The molecule has 1 amide bonds. The molecule has 0 spiro atoms. The van der Waals surface area contributed by atoms with E-state index in [0.717, 1.165) is 5.56 Å². The lowest BCUT2D eigenvalue weighted by molar-refractivity contribution is 0.0696. The molecule has 0 atom stereocenters. The van der Waals surface area contributed by atoms with E-state index in [2.05, 4.69) is 20.7 Å². The van der Waals surface area contributed by atoms with Crippen LogP contribution in [0.3, 0.4) is 0 Å². The first-order valence-corrected chi connectivity index (χ1v) is 5.63. The highest BCUT2D eigenvalue weighted by Gasteiger charge is 2.07. The summed E-state index contributed by atoms with van der Waals surface area (Å²) >= 11 is 0. The van der Waals surface area contributed by atoms with Gasteiger partial charge >= 0.3 is 5.97 Å². The van der Waals surface area contributed by atoms with Gasteiger partial charge in [-0.25, -0.2) is 4.79 Å². The number of amides is 1. The number of carboxylic acids is 1. The van der Waals surface area contributed by atoms with Crippen LogP contribution in [0, 0.1) is 0 Å². The molecular formula is C12H12N4O3. The second-order valence-corrected chi connectivity index (χ2v) is 3.86. The quantitative estimate of drug-likeness (QED) is 0.724. The predicted molar refractivity (Wildman–Crippen MR) is 65.8 cm³/mol. The SMILES string of the molecule is O=C(O)c1ccc(CCNC(=O)c2cn[nH]n2)cc1. The summed E-state index contributed by atoms with van der Waals surface area (Å²) < 4.78 is 0. The van der Waals surface area contributed by atoms with E-state index in [1.54, 1.807) is 12.1 Å². The lowest BCUT2D eigenvalue weighted by Gasteiger charge is -2.03. The van der Waals surface area contributed by atoms with Crippen molar-refractivity contribution >= 4 is 11.9 Å². The molecule has 2 rings (SSSR count). The normalized spacial score (nSPS) is 10.1. The molecule has 0 fully saturated rings. The van der Waals surface area contributed by atoms with Gasteiger partial charge in [-0.15, -0.1) is 0 Å². The number of hydrogen-bond acceptors (Lipinski definition) is 4. The maximum absolute atomic E-state index is 11.5. The number of nitrogens with one attached hydrogen (secondary N) is 2. The third kappa shape index (κ3) is 3.38. The number of carboxylic acid groups (broad SMARTS) is 1. The lowest BCUT2D eigenvalue weighted by Crippen LogP contribution is -2.26. The lowest BCUT2D eigenvalue weighted by atomic mass is 10.1. The number of hydrogen-bond donors (Lipinski definition) is 3. The number of aromatic nitrogens is 3. The zero-order valence-electron chi connectivity index (χ0n) is 9.96. The third-order valence-electron chi connectivity index (χ3n) is 2.55. The molecule has 1 aromatic heterocycles. The summed E-state index contributed by atoms with van der Waals surface area (Å²) in [4.78, 5) is 22.2. The van der Waals surface area contributed by atoms with Gasteiger partial charge in [-0.3, -0.25) is 4.79 Å². The van der Waals surface area contributed by atoms with Crippen molar-refractivity contribution in [1.82, 2.24) is 20.7 Å². The molecule has 2 aromatic rings. The zero-order chi connectivity index (χ0) is 13.7. The minimum Gasteiger partial charge on any atom is -0.478 e. The smallest absolute Gasteiger partial charge is 0.335 e. The topological polar surface area (TPSA) is 108 Å². The molecule has 0 aliphatic rings. The Balaban J connectivity index is 1.82. The molecule has 1 heterocycles. The van der Waals surface area contributed by atoms with E-state index in [1.165, 1.54) is 18.3 Å². The van der Waals surface area contributed by atoms with Crippen molar-refractivity contribution in [3.63, 3.8) is 0 Å². The molecule has 0 saturated heterocycles. The Morgan fingerprint density at radius 2 is 2.00 bits per heavy atom. The maximum Gasteiger partial charge on any atom is 0.335 e. The number of benzene rings is 1. The molecule has 0 aliphatic heterocycles. The Labute approximate surface area is 108 Å². The van der Waals surface area contributed by atoms with E-state index in [9.17, 15) is 9.59 Å². The summed E-state index contributed by atoms with van der Waals surface area (Å²) in [6.07, 6.45) is 1.96. The van der Waals surface area contributed by atoms with Crippen molar-refractivity contribution in [2.24, 2.45) is 0 Å². The number of aromatic amines is 1. The summed E-state index contributed by atoms with van der Waals surface area (Å²) in [5, 5.41) is 21.0. The Morgan fingerprint density at radius 3 is 2.58 bits per heavy atom. The molecule has 7 heteroatoms. The fourth-order valence-corrected chi connectivity index (χ4v) is 1.54. The van der Waals surface area contributed by atoms with E-state index >= 15 is 0 Å². The van der Waals surface area contributed by atoms with Gasteiger partial charge in [-0.2, -0.15) is 15.4 Å². The second-order valence-electron chi connectivity index (χ2n) is 3.86. The second kappa shape index (κ2) is 5.76. The van der Waals surface area contributed by atoms with E-state index in [4.69, 9.17) is 5.11 Å². The molecule has 19 heavy (non-hydrogen) atoms.